The topological polar surface area (TPSA) is 100 Å². The van der Waals surface area contributed by atoms with Gasteiger partial charge in [0, 0.05) is 12.1 Å². The average molecular weight is 365 g/mol. The van der Waals surface area contributed by atoms with Gasteiger partial charge in [-0.2, -0.15) is 0 Å². The van der Waals surface area contributed by atoms with Crippen LogP contribution in [0.15, 0.2) is 24.3 Å². The molecule has 1 aromatic rings. The summed E-state index contributed by atoms with van der Waals surface area (Å²) in [5.74, 6) is 0.657. The van der Waals surface area contributed by atoms with Gasteiger partial charge in [0.2, 0.25) is 0 Å². The predicted octanol–water partition coefficient (Wildman–Crippen LogP) is 1.31. The Bertz CT molecular complexity index is 587. The molecule has 0 saturated heterocycles. The van der Waals surface area contributed by atoms with Crippen LogP contribution in [0.3, 0.4) is 0 Å². The third-order valence-electron chi connectivity index (χ3n) is 4.43. The van der Waals surface area contributed by atoms with Crippen LogP contribution in [0.1, 0.15) is 19.8 Å². The molecule has 1 aliphatic rings. The van der Waals surface area contributed by atoms with Gasteiger partial charge < -0.3 is 25.2 Å². The van der Waals surface area contributed by atoms with Crippen LogP contribution in [0.25, 0.3) is 0 Å². The molecule has 0 bridgehead atoms. The Morgan fingerprint density at radius 1 is 1.23 bits per heavy atom. The number of carbonyl (C=O) groups is 2. The van der Waals surface area contributed by atoms with Crippen molar-refractivity contribution in [2.75, 3.05) is 33.4 Å². The zero-order chi connectivity index (χ0) is 18.9. The van der Waals surface area contributed by atoms with Gasteiger partial charge in [0.05, 0.1) is 20.2 Å². The van der Waals surface area contributed by atoms with Gasteiger partial charge in [-0.1, -0.05) is 6.92 Å². The van der Waals surface area contributed by atoms with E-state index in [0.717, 1.165) is 18.6 Å². The van der Waals surface area contributed by atoms with Crippen molar-refractivity contribution < 1.29 is 24.2 Å². The Morgan fingerprint density at radius 3 is 2.46 bits per heavy atom. The second kappa shape index (κ2) is 9.86. The highest BCUT2D eigenvalue weighted by atomic mass is 16.5. The van der Waals surface area contributed by atoms with Crippen molar-refractivity contribution in [1.82, 2.24) is 15.5 Å². The fourth-order valence-corrected chi connectivity index (χ4v) is 2.92. The van der Waals surface area contributed by atoms with Crippen molar-refractivity contribution in [1.29, 1.82) is 0 Å². The lowest BCUT2D eigenvalue weighted by atomic mass is 9.85. The molecule has 0 aromatic heterocycles. The maximum Gasteiger partial charge on any atom is 0.317 e. The van der Waals surface area contributed by atoms with Gasteiger partial charge >= 0.3 is 12.0 Å². The Hall–Kier alpha value is -2.48. The van der Waals surface area contributed by atoms with Crippen molar-refractivity contribution in [2.45, 2.75) is 31.8 Å². The Balaban J connectivity index is 1.57. The molecular weight excluding hydrogens is 338 g/mol. The largest absolute Gasteiger partial charge is 0.497 e. The summed E-state index contributed by atoms with van der Waals surface area (Å²) in [5.41, 5.74) is 0. The Labute approximate surface area is 153 Å². The minimum Gasteiger partial charge on any atom is -0.497 e. The summed E-state index contributed by atoms with van der Waals surface area (Å²) in [7, 11) is 1.61. The molecule has 8 heteroatoms. The number of urea groups is 1. The molecule has 0 spiro atoms. The maximum absolute atomic E-state index is 11.9. The number of methoxy groups -OCH3 is 1. The van der Waals surface area contributed by atoms with Gasteiger partial charge in [-0.15, -0.1) is 0 Å². The quantitative estimate of drug-likeness (QED) is 0.541. The first-order chi connectivity index (χ1) is 12.5. The predicted molar refractivity (Wildman–Crippen MR) is 96.7 cm³/mol. The van der Waals surface area contributed by atoms with E-state index in [-0.39, 0.29) is 24.7 Å². The standard InChI is InChI=1S/C18H27N3O5/c1-3-21(12-17(22)23)14-10-13(11-14)20-18(24)19-8-9-26-16-6-4-15(25-2)5-7-16/h4-7,13-14H,3,8-12H2,1-2H3,(H,22,23)(H2,19,20,24). The van der Waals surface area contributed by atoms with E-state index >= 15 is 0 Å². The summed E-state index contributed by atoms with van der Waals surface area (Å²) in [6.07, 6.45) is 1.55. The molecule has 26 heavy (non-hydrogen) atoms. The minimum atomic E-state index is -0.821. The molecule has 2 amide bonds. The SMILES string of the molecule is CCN(CC(=O)O)C1CC(NC(=O)NCCOc2ccc(OC)cc2)C1. The highest BCUT2D eigenvalue weighted by Gasteiger charge is 2.34. The summed E-state index contributed by atoms with van der Waals surface area (Å²) in [4.78, 5) is 24.6. The molecular formula is C18H27N3O5. The number of hydrogen-bond acceptors (Lipinski definition) is 5. The van der Waals surface area contributed by atoms with E-state index in [4.69, 9.17) is 14.6 Å². The molecule has 1 aromatic carbocycles. The number of aliphatic carboxylic acids is 1. The van der Waals surface area contributed by atoms with E-state index < -0.39 is 5.97 Å². The van der Waals surface area contributed by atoms with Gasteiger partial charge in [-0.25, -0.2) is 4.79 Å². The summed E-state index contributed by atoms with van der Waals surface area (Å²) in [6.45, 7) is 3.45. The third kappa shape index (κ3) is 6.11. The van der Waals surface area contributed by atoms with Crippen LogP contribution in [-0.4, -0.2) is 67.4 Å². The van der Waals surface area contributed by atoms with Gasteiger partial charge in [0.15, 0.2) is 0 Å². The Kier molecular flexibility index (Phi) is 7.53. The number of carbonyl (C=O) groups excluding carboxylic acids is 1. The van der Waals surface area contributed by atoms with Crippen molar-refractivity contribution in [3.8, 4) is 11.5 Å². The molecule has 1 fully saturated rings. The van der Waals surface area contributed by atoms with Crippen LogP contribution in [0.5, 0.6) is 11.5 Å². The van der Waals surface area contributed by atoms with E-state index in [1.165, 1.54) is 0 Å². The summed E-state index contributed by atoms with van der Waals surface area (Å²) >= 11 is 0. The fourth-order valence-electron chi connectivity index (χ4n) is 2.92. The number of ether oxygens (including phenoxy) is 2. The molecule has 144 valence electrons. The molecule has 0 atom stereocenters. The number of benzene rings is 1. The number of nitrogens with one attached hydrogen (secondary N) is 2. The zero-order valence-corrected chi connectivity index (χ0v) is 15.2. The van der Waals surface area contributed by atoms with E-state index in [9.17, 15) is 9.59 Å². The number of hydrogen-bond donors (Lipinski definition) is 3. The summed E-state index contributed by atoms with van der Waals surface area (Å²) in [6, 6.07) is 7.32. The van der Waals surface area contributed by atoms with Gasteiger partial charge in [-0.3, -0.25) is 9.69 Å². The normalized spacial score (nSPS) is 18.7. The molecule has 0 radical (unpaired) electrons. The van der Waals surface area contributed by atoms with Gasteiger partial charge in [-0.05, 0) is 43.7 Å². The number of rotatable bonds is 10. The lowest BCUT2D eigenvalue weighted by Gasteiger charge is -2.42. The van der Waals surface area contributed by atoms with E-state index in [1.807, 2.05) is 36.1 Å². The average Bonchev–Trinajstić information content (AvgIpc) is 2.60. The minimum absolute atomic E-state index is 0.0444. The van der Waals surface area contributed by atoms with E-state index in [2.05, 4.69) is 10.6 Å². The first-order valence-corrected chi connectivity index (χ1v) is 8.78. The molecule has 8 nitrogen and oxygen atoms in total. The van der Waals surface area contributed by atoms with Gasteiger partial charge in [0.25, 0.3) is 0 Å². The summed E-state index contributed by atoms with van der Waals surface area (Å²) < 4.78 is 10.6. The monoisotopic (exact) mass is 365 g/mol. The first-order valence-electron chi connectivity index (χ1n) is 8.78. The maximum atomic E-state index is 11.9. The number of likely N-dealkylation sites (N-methyl/N-ethyl adjacent to an activating group) is 1. The van der Waals surface area contributed by atoms with Crippen molar-refractivity contribution in [3.63, 3.8) is 0 Å². The zero-order valence-electron chi connectivity index (χ0n) is 15.2. The van der Waals surface area contributed by atoms with Crippen molar-refractivity contribution in [2.24, 2.45) is 0 Å². The number of amides is 2. The second-order valence-electron chi connectivity index (χ2n) is 6.20. The van der Waals surface area contributed by atoms with Crippen LogP contribution in [0.2, 0.25) is 0 Å². The molecule has 0 aliphatic heterocycles. The lowest BCUT2D eigenvalue weighted by Crippen LogP contribution is -2.56. The highest BCUT2D eigenvalue weighted by molar-refractivity contribution is 5.74. The van der Waals surface area contributed by atoms with E-state index in [0.29, 0.717) is 25.4 Å². The molecule has 1 saturated carbocycles. The third-order valence-corrected chi connectivity index (χ3v) is 4.43. The molecule has 2 rings (SSSR count). The van der Waals surface area contributed by atoms with Crippen LogP contribution in [0, 0.1) is 0 Å². The number of carboxylic acids is 1. The van der Waals surface area contributed by atoms with Crippen LogP contribution >= 0.6 is 0 Å². The van der Waals surface area contributed by atoms with Crippen LogP contribution < -0.4 is 20.1 Å². The van der Waals surface area contributed by atoms with Crippen molar-refractivity contribution >= 4 is 12.0 Å². The van der Waals surface area contributed by atoms with E-state index in [1.54, 1.807) is 7.11 Å². The Morgan fingerprint density at radius 2 is 1.88 bits per heavy atom. The highest BCUT2D eigenvalue weighted by Crippen LogP contribution is 2.25. The smallest absolute Gasteiger partial charge is 0.317 e. The number of carboxylic acid groups (broad SMARTS) is 1. The van der Waals surface area contributed by atoms with Gasteiger partial charge in [0.1, 0.15) is 18.1 Å². The summed E-state index contributed by atoms with van der Waals surface area (Å²) in [5, 5.41) is 14.5. The van der Waals surface area contributed by atoms with Crippen molar-refractivity contribution in [3.05, 3.63) is 24.3 Å². The number of nitrogens with zero attached hydrogens (tertiary/aromatic N) is 1. The molecule has 1 aliphatic carbocycles. The fraction of sp³-hybridized carbons (Fsp3) is 0.556. The van der Waals surface area contributed by atoms with Crippen LogP contribution in [-0.2, 0) is 4.79 Å². The molecule has 0 unspecified atom stereocenters. The molecule has 0 heterocycles. The molecule has 3 N–H and O–H groups in total. The first kappa shape index (κ1) is 19.8. The lowest BCUT2D eigenvalue weighted by molar-refractivity contribution is -0.139. The second-order valence-corrected chi connectivity index (χ2v) is 6.20. The van der Waals surface area contributed by atoms with Crippen LogP contribution in [0.4, 0.5) is 4.79 Å².